The summed E-state index contributed by atoms with van der Waals surface area (Å²) < 4.78 is 15.1. The summed E-state index contributed by atoms with van der Waals surface area (Å²) in [6, 6.07) is 9.50. The van der Waals surface area contributed by atoms with E-state index >= 15 is 0 Å². The molecule has 0 aliphatic heterocycles. The molecule has 0 saturated carbocycles. The third kappa shape index (κ3) is 2.71. The van der Waals surface area contributed by atoms with Gasteiger partial charge in [-0.2, -0.15) is 5.10 Å². The minimum Gasteiger partial charge on any atom is -0.320 e. The van der Waals surface area contributed by atoms with Crippen molar-refractivity contribution in [2.24, 2.45) is 0 Å². The average molecular weight is 296 g/mol. The van der Waals surface area contributed by atoms with Gasteiger partial charge >= 0.3 is 0 Å². The van der Waals surface area contributed by atoms with E-state index in [1.807, 2.05) is 6.92 Å². The molecule has 5 nitrogen and oxygen atoms in total. The van der Waals surface area contributed by atoms with Crippen molar-refractivity contribution < 1.29 is 9.18 Å². The van der Waals surface area contributed by atoms with Crippen molar-refractivity contribution in [3.05, 3.63) is 72.1 Å². The first-order valence-electron chi connectivity index (χ1n) is 6.67. The molecule has 1 amide bonds. The quantitative estimate of drug-likeness (QED) is 0.808. The average Bonchev–Trinajstić information content (AvgIpc) is 3.00. The molecule has 0 radical (unpaired) electrons. The number of para-hydroxylation sites is 1. The fraction of sp³-hybridized carbons (Fsp3) is 0.0625. The molecule has 0 spiro atoms. The van der Waals surface area contributed by atoms with Gasteiger partial charge in [-0.05, 0) is 36.8 Å². The van der Waals surface area contributed by atoms with E-state index in [9.17, 15) is 9.18 Å². The first kappa shape index (κ1) is 13.9. The molecule has 0 atom stereocenters. The number of nitrogens with one attached hydrogen (secondary N) is 1. The lowest BCUT2D eigenvalue weighted by atomic mass is 10.2. The standard InChI is InChI=1S/C16H13FN4O/c1-11-10-18-8-6-13(11)19-16(22)14-7-9-21(20-14)15-5-3-2-4-12(15)17/h2-10H,1H3,(H,18,19,22). The largest absolute Gasteiger partial charge is 0.320 e. The number of nitrogens with zero attached hydrogens (tertiary/aromatic N) is 3. The van der Waals surface area contributed by atoms with Gasteiger partial charge in [-0.3, -0.25) is 9.78 Å². The lowest BCUT2D eigenvalue weighted by molar-refractivity contribution is 0.102. The third-order valence-corrected chi connectivity index (χ3v) is 3.19. The molecule has 2 heterocycles. The van der Waals surface area contributed by atoms with Crippen LogP contribution in [0.15, 0.2) is 55.0 Å². The van der Waals surface area contributed by atoms with E-state index in [1.165, 1.54) is 16.8 Å². The predicted octanol–water partition coefficient (Wildman–Crippen LogP) is 2.97. The second-order valence-electron chi connectivity index (χ2n) is 4.74. The topological polar surface area (TPSA) is 59.8 Å². The maximum Gasteiger partial charge on any atom is 0.276 e. The molecule has 3 aromatic rings. The minimum atomic E-state index is -0.400. The molecule has 22 heavy (non-hydrogen) atoms. The van der Waals surface area contributed by atoms with Gasteiger partial charge in [0.05, 0.1) is 0 Å². The Kier molecular flexibility index (Phi) is 3.65. The van der Waals surface area contributed by atoms with Crippen LogP contribution in [0, 0.1) is 12.7 Å². The van der Waals surface area contributed by atoms with Crippen LogP contribution < -0.4 is 5.32 Å². The number of pyridine rings is 1. The SMILES string of the molecule is Cc1cnccc1NC(=O)c1ccn(-c2ccccc2F)n1. The Labute approximate surface area is 126 Å². The van der Waals surface area contributed by atoms with E-state index in [4.69, 9.17) is 0 Å². The molecule has 1 N–H and O–H groups in total. The molecule has 110 valence electrons. The van der Waals surface area contributed by atoms with Crippen LogP contribution in [0.1, 0.15) is 16.1 Å². The summed E-state index contributed by atoms with van der Waals surface area (Å²) >= 11 is 0. The maximum absolute atomic E-state index is 13.7. The van der Waals surface area contributed by atoms with Crippen molar-refractivity contribution in [3.63, 3.8) is 0 Å². The summed E-state index contributed by atoms with van der Waals surface area (Å²) in [5.41, 5.74) is 2.02. The van der Waals surface area contributed by atoms with Gasteiger partial charge in [-0.1, -0.05) is 12.1 Å². The number of halogens is 1. The zero-order valence-electron chi connectivity index (χ0n) is 11.8. The highest BCUT2D eigenvalue weighted by atomic mass is 19.1. The highest BCUT2D eigenvalue weighted by molar-refractivity contribution is 6.03. The molecule has 2 aromatic heterocycles. The van der Waals surface area contributed by atoms with E-state index in [0.29, 0.717) is 11.4 Å². The van der Waals surface area contributed by atoms with E-state index in [0.717, 1.165) is 5.56 Å². The van der Waals surface area contributed by atoms with E-state index in [2.05, 4.69) is 15.4 Å². The fourth-order valence-electron chi connectivity index (χ4n) is 2.02. The van der Waals surface area contributed by atoms with Crippen LogP contribution in [0.3, 0.4) is 0 Å². The minimum absolute atomic E-state index is 0.208. The molecule has 0 saturated heterocycles. The van der Waals surface area contributed by atoms with Crippen molar-refractivity contribution in [2.45, 2.75) is 6.92 Å². The number of benzene rings is 1. The molecule has 0 unspecified atom stereocenters. The number of anilines is 1. The Balaban J connectivity index is 1.84. The third-order valence-electron chi connectivity index (χ3n) is 3.19. The molecule has 6 heteroatoms. The lowest BCUT2D eigenvalue weighted by Gasteiger charge is -2.06. The number of amides is 1. The second kappa shape index (κ2) is 5.77. The lowest BCUT2D eigenvalue weighted by Crippen LogP contribution is -2.14. The Morgan fingerprint density at radius 1 is 1.23 bits per heavy atom. The number of rotatable bonds is 3. The van der Waals surface area contributed by atoms with Gasteiger partial charge in [-0.25, -0.2) is 9.07 Å². The second-order valence-corrected chi connectivity index (χ2v) is 4.74. The van der Waals surface area contributed by atoms with Crippen LogP contribution >= 0.6 is 0 Å². The molecule has 0 bridgehead atoms. The summed E-state index contributed by atoms with van der Waals surface area (Å²) in [5.74, 6) is -0.757. The molecular formula is C16H13FN4O. The van der Waals surface area contributed by atoms with Gasteiger partial charge in [0.1, 0.15) is 11.5 Å². The van der Waals surface area contributed by atoms with Crippen molar-refractivity contribution in [3.8, 4) is 5.69 Å². The van der Waals surface area contributed by atoms with Crippen LogP contribution in [0.25, 0.3) is 5.69 Å². The van der Waals surface area contributed by atoms with Crippen LogP contribution in [0.2, 0.25) is 0 Å². The molecule has 0 fully saturated rings. The Morgan fingerprint density at radius 2 is 2.05 bits per heavy atom. The van der Waals surface area contributed by atoms with Crippen LogP contribution in [0.4, 0.5) is 10.1 Å². The molecular weight excluding hydrogens is 283 g/mol. The number of carbonyl (C=O) groups excluding carboxylic acids is 1. The Hall–Kier alpha value is -3.02. The van der Waals surface area contributed by atoms with Crippen LogP contribution in [-0.2, 0) is 0 Å². The van der Waals surface area contributed by atoms with Gasteiger partial charge in [0.25, 0.3) is 5.91 Å². The highest BCUT2D eigenvalue weighted by Crippen LogP contribution is 2.15. The zero-order chi connectivity index (χ0) is 15.5. The Morgan fingerprint density at radius 3 is 2.82 bits per heavy atom. The van der Waals surface area contributed by atoms with Crippen molar-refractivity contribution in [2.75, 3.05) is 5.32 Å². The van der Waals surface area contributed by atoms with Gasteiger partial charge in [0.2, 0.25) is 0 Å². The fourth-order valence-corrected chi connectivity index (χ4v) is 2.02. The highest BCUT2D eigenvalue weighted by Gasteiger charge is 2.12. The van der Waals surface area contributed by atoms with Crippen molar-refractivity contribution in [1.82, 2.24) is 14.8 Å². The normalized spacial score (nSPS) is 10.5. The predicted molar refractivity (Wildman–Crippen MR) is 80.4 cm³/mol. The van der Waals surface area contributed by atoms with Gasteiger partial charge in [-0.15, -0.1) is 0 Å². The van der Waals surface area contributed by atoms with Gasteiger partial charge in [0, 0.05) is 24.3 Å². The van der Waals surface area contributed by atoms with E-state index in [1.54, 1.807) is 42.9 Å². The number of aromatic nitrogens is 3. The number of hydrogen-bond acceptors (Lipinski definition) is 3. The first-order valence-corrected chi connectivity index (χ1v) is 6.67. The molecule has 1 aromatic carbocycles. The Bertz CT molecular complexity index is 828. The summed E-state index contributed by atoms with van der Waals surface area (Å²) in [6.07, 6.45) is 4.81. The molecule has 3 rings (SSSR count). The maximum atomic E-state index is 13.7. The smallest absolute Gasteiger partial charge is 0.276 e. The first-order chi connectivity index (χ1) is 10.6. The number of carbonyl (C=O) groups is 1. The van der Waals surface area contributed by atoms with E-state index in [-0.39, 0.29) is 11.6 Å². The van der Waals surface area contributed by atoms with Crippen LogP contribution in [-0.4, -0.2) is 20.7 Å². The van der Waals surface area contributed by atoms with Crippen molar-refractivity contribution >= 4 is 11.6 Å². The van der Waals surface area contributed by atoms with Crippen LogP contribution in [0.5, 0.6) is 0 Å². The summed E-state index contributed by atoms with van der Waals surface area (Å²) in [7, 11) is 0. The molecule has 0 aliphatic carbocycles. The number of hydrogen-bond donors (Lipinski definition) is 1. The summed E-state index contributed by atoms with van der Waals surface area (Å²) in [4.78, 5) is 16.2. The number of aryl methyl sites for hydroxylation is 1. The van der Waals surface area contributed by atoms with Gasteiger partial charge in [0.15, 0.2) is 5.69 Å². The zero-order valence-corrected chi connectivity index (χ0v) is 11.8. The monoisotopic (exact) mass is 296 g/mol. The summed E-state index contributed by atoms with van der Waals surface area (Å²) in [6.45, 7) is 1.85. The summed E-state index contributed by atoms with van der Waals surface area (Å²) in [5, 5.41) is 6.87. The molecule has 0 aliphatic rings. The van der Waals surface area contributed by atoms with Gasteiger partial charge < -0.3 is 5.32 Å². The van der Waals surface area contributed by atoms with Crippen molar-refractivity contribution in [1.29, 1.82) is 0 Å². The van der Waals surface area contributed by atoms with E-state index < -0.39 is 5.82 Å².